The van der Waals surface area contributed by atoms with E-state index in [0.717, 1.165) is 39.6 Å². The Morgan fingerprint density at radius 2 is 1.26 bits per heavy atom. The van der Waals surface area contributed by atoms with Crippen molar-refractivity contribution in [3.05, 3.63) is 126 Å². The quantitative estimate of drug-likeness (QED) is 0.275. The van der Waals surface area contributed by atoms with E-state index in [4.69, 9.17) is 4.98 Å². The van der Waals surface area contributed by atoms with Crippen LogP contribution in [0.3, 0.4) is 0 Å². The molecular formula is C31H22N4. The van der Waals surface area contributed by atoms with E-state index in [1.165, 1.54) is 10.8 Å². The summed E-state index contributed by atoms with van der Waals surface area (Å²) in [5.74, 6) is 1.68. The van der Waals surface area contributed by atoms with Crippen molar-refractivity contribution in [2.75, 3.05) is 4.90 Å². The maximum atomic E-state index is 9.27. The van der Waals surface area contributed by atoms with Gasteiger partial charge in [0.05, 0.1) is 22.7 Å². The molecule has 6 aromatic rings. The summed E-state index contributed by atoms with van der Waals surface area (Å²) < 4.78 is 2.24. The Balaban J connectivity index is 1.60. The lowest BCUT2D eigenvalue weighted by atomic mass is 10.1. The fourth-order valence-electron chi connectivity index (χ4n) is 4.71. The molecule has 4 aromatic carbocycles. The van der Waals surface area contributed by atoms with Gasteiger partial charge in [-0.3, -0.25) is 9.47 Å². The Kier molecular flexibility index (Phi) is 5.02. The highest BCUT2D eigenvalue weighted by atomic mass is 15.2. The molecule has 0 bridgehead atoms. The van der Waals surface area contributed by atoms with Crippen LogP contribution < -0.4 is 4.90 Å². The highest BCUT2D eigenvalue weighted by molar-refractivity contribution is 6.09. The molecule has 2 aromatic heterocycles. The topological polar surface area (TPSA) is 44.9 Å². The van der Waals surface area contributed by atoms with Crippen LogP contribution in [0, 0.1) is 18.3 Å². The molecular weight excluding hydrogens is 428 g/mol. The molecule has 0 saturated carbocycles. The van der Waals surface area contributed by atoms with E-state index in [-0.39, 0.29) is 0 Å². The SMILES string of the molecule is Cc1cc(N(c2ccccc2)c2ccc(C#N)cc2)nc(-n2c3ccccc3c3ccccc32)c1. The lowest BCUT2D eigenvalue weighted by Crippen LogP contribution is -2.13. The van der Waals surface area contributed by atoms with Gasteiger partial charge < -0.3 is 0 Å². The van der Waals surface area contributed by atoms with Gasteiger partial charge in [0.25, 0.3) is 0 Å². The molecule has 0 amide bonds. The molecule has 0 radical (unpaired) electrons. The lowest BCUT2D eigenvalue weighted by Gasteiger charge is -2.25. The van der Waals surface area contributed by atoms with Crippen LogP contribution in [-0.2, 0) is 0 Å². The predicted molar refractivity (Wildman–Crippen MR) is 143 cm³/mol. The van der Waals surface area contributed by atoms with Crippen LogP contribution in [0.25, 0.3) is 27.6 Å². The molecule has 0 aliphatic carbocycles. The molecule has 0 aliphatic heterocycles. The summed E-state index contributed by atoms with van der Waals surface area (Å²) in [5, 5.41) is 11.7. The second-order valence-electron chi connectivity index (χ2n) is 8.56. The summed E-state index contributed by atoms with van der Waals surface area (Å²) in [5.41, 5.74) is 5.95. The van der Waals surface area contributed by atoms with Gasteiger partial charge in [0.1, 0.15) is 11.6 Å². The van der Waals surface area contributed by atoms with Crippen LogP contribution in [0.15, 0.2) is 115 Å². The van der Waals surface area contributed by atoms with Crippen molar-refractivity contribution in [1.29, 1.82) is 5.26 Å². The number of nitrogens with zero attached hydrogens (tertiary/aromatic N) is 4. The second-order valence-corrected chi connectivity index (χ2v) is 8.56. The number of hydrogen-bond donors (Lipinski definition) is 0. The van der Waals surface area contributed by atoms with E-state index < -0.39 is 0 Å². The zero-order valence-electron chi connectivity index (χ0n) is 19.3. The van der Waals surface area contributed by atoms with Crippen LogP contribution in [0.4, 0.5) is 17.2 Å². The molecule has 0 spiro atoms. The minimum atomic E-state index is 0.630. The van der Waals surface area contributed by atoms with Crippen LogP contribution in [0.2, 0.25) is 0 Å². The largest absolute Gasteiger partial charge is 0.295 e. The number of pyridine rings is 1. The molecule has 0 N–H and O–H groups in total. The van der Waals surface area contributed by atoms with E-state index in [2.05, 4.69) is 95.3 Å². The van der Waals surface area contributed by atoms with Crippen LogP contribution in [0.5, 0.6) is 0 Å². The van der Waals surface area contributed by atoms with Gasteiger partial charge in [0.15, 0.2) is 0 Å². The number of anilines is 3. The molecule has 0 fully saturated rings. The molecule has 0 unspecified atom stereocenters. The van der Waals surface area contributed by atoms with Gasteiger partial charge in [-0.2, -0.15) is 5.26 Å². The first-order chi connectivity index (χ1) is 17.2. The zero-order chi connectivity index (χ0) is 23.8. The van der Waals surface area contributed by atoms with E-state index >= 15 is 0 Å². The standard InChI is InChI=1S/C31H22N4/c1-22-19-30(34(24-9-3-2-4-10-24)25-17-15-23(21-32)16-18-25)33-31(20-22)35-28-13-7-5-11-26(28)27-12-6-8-14-29(27)35/h2-20H,1H3. The number of aromatic nitrogens is 2. The van der Waals surface area contributed by atoms with Gasteiger partial charge in [0, 0.05) is 22.1 Å². The Morgan fingerprint density at radius 3 is 1.89 bits per heavy atom. The van der Waals surface area contributed by atoms with Crippen LogP contribution in [-0.4, -0.2) is 9.55 Å². The van der Waals surface area contributed by atoms with Gasteiger partial charge >= 0.3 is 0 Å². The number of para-hydroxylation sites is 3. The minimum absolute atomic E-state index is 0.630. The highest BCUT2D eigenvalue weighted by Gasteiger charge is 2.18. The maximum absolute atomic E-state index is 9.27. The Hall–Kier alpha value is -4.88. The van der Waals surface area contributed by atoms with Gasteiger partial charge in [-0.25, -0.2) is 4.98 Å². The van der Waals surface area contributed by atoms with Crippen molar-refractivity contribution in [3.63, 3.8) is 0 Å². The fourth-order valence-corrected chi connectivity index (χ4v) is 4.71. The third-order valence-corrected chi connectivity index (χ3v) is 6.25. The predicted octanol–water partition coefficient (Wildman–Crippen LogP) is 7.83. The summed E-state index contributed by atoms with van der Waals surface area (Å²) >= 11 is 0. The zero-order valence-corrected chi connectivity index (χ0v) is 19.3. The summed E-state index contributed by atoms with van der Waals surface area (Å²) in [6.07, 6.45) is 0. The minimum Gasteiger partial charge on any atom is -0.295 e. The monoisotopic (exact) mass is 450 g/mol. The van der Waals surface area contributed by atoms with Gasteiger partial charge in [-0.1, -0.05) is 54.6 Å². The Labute approximate surface area is 203 Å². The first-order valence-electron chi connectivity index (χ1n) is 11.6. The van der Waals surface area contributed by atoms with Gasteiger partial charge in [-0.15, -0.1) is 0 Å². The third kappa shape index (κ3) is 3.60. The molecule has 2 heterocycles. The summed E-state index contributed by atoms with van der Waals surface area (Å²) in [6.45, 7) is 2.10. The Bertz CT molecular complexity index is 1650. The number of benzene rings is 4. The summed E-state index contributed by atoms with van der Waals surface area (Å²) in [6, 6.07) is 41.2. The molecule has 0 atom stereocenters. The van der Waals surface area contributed by atoms with E-state index in [9.17, 15) is 5.26 Å². The maximum Gasteiger partial charge on any atom is 0.140 e. The smallest absolute Gasteiger partial charge is 0.140 e. The Morgan fingerprint density at radius 1 is 0.686 bits per heavy atom. The average Bonchev–Trinajstić information content (AvgIpc) is 3.24. The van der Waals surface area contributed by atoms with Crippen molar-refractivity contribution in [1.82, 2.24) is 9.55 Å². The molecule has 0 aliphatic rings. The molecule has 35 heavy (non-hydrogen) atoms. The molecule has 166 valence electrons. The summed E-state index contributed by atoms with van der Waals surface area (Å²) in [7, 11) is 0. The van der Waals surface area contributed by atoms with Crippen molar-refractivity contribution < 1.29 is 0 Å². The first kappa shape index (κ1) is 20.7. The fraction of sp³-hybridized carbons (Fsp3) is 0.0323. The third-order valence-electron chi connectivity index (χ3n) is 6.25. The van der Waals surface area contributed by atoms with Crippen LogP contribution >= 0.6 is 0 Å². The average molecular weight is 451 g/mol. The van der Waals surface area contributed by atoms with Crippen molar-refractivity contribution in [3.8, 4) is 11.9 Å². The highest BCUT2D eigenvalue weighted by Crippen LogP contribution is 2.36. The first-order valence-corrected chi connectivity index (χ1v) is 11.6. The van der Waals surface area contributed by atoms with Crippen molar-refractivity contribution >= 4 is 39.0 Å². The van der Waals surface area contributed by atoms with Gasteiger partial charge in [-0.05, 0) is 73.2 Å². The van der Waals surface area contributed by atoms with Crippen LogP contribution in [0.1, 0.15) is 11.1 Å². The van der Waals surface area contributed by atoms with Crippen molar-refractivity contribution in [2.45, 2.75) is 6.92 Å². The number of aryl methyl sites for hydroxylation is 1. The number of fused-ring (bicyclic) bond motifs is 3. The lowest BCUT2D eigenvalue weighted by molar-refractivity contribution is 1.05. The summed E-state index contributed by atoms with van der Waals surface area (Å²) in [4.78, 5) is 7.33. The number of hydrogen-bond acceptors (Lipinski definition) is 3. The van der Waals surface area contributed by atoms with E-state index in [1.807, 2.05) is 42.5 Å². The van der Waals surface area contributed by atoms with Crippen molar-refractivity contribution in [2.24, 2.45) is 0 Å². The number of nitriles is 1. The second kappa shape index (κ2) is 8.48. The normalized spacial score (nSPS) is 11.0. The van der Waals surface area contributed by atoms with E-state index in [1.54, 1.807) is 0 Å². The molecule has 4 nitrogen and oxygen atoms in total. The molecule has 0 saturated heterocycles. The van der Waals surface area contributed by atoms with E-state index in [0.29, 0.717) is 5.56 Å². The molecule has 6 rings (SSSR count). The molecule has 4 heteroatoms. The number of rotatable bonds is 4. The van der Waals surface area contributed by atoms with Gasteiger partial charge in [0.2, 0.25) is 0 Å².